The molecule has 0 fully saturated rings. The molecule has 1 aromatic carbocycles. The van der Waals surface area contributed by atoms with Crippen LogP contribution in [0, 0.1) is 0 Å². The number of nitrogens with one attached hydrogen (secondary N) is 2. The molecule has 0 bridgehead atoms. The van der Waals surface area contributed by atoms with Crippen molar-refractivity contribution in [3.63, 3.8) is 0 Å². The third-order valence-electron chi connectivity index (χ3n) is 3.57. The number of benzene rings is 1. The van der Waals surface area contributed by atoms with Gasteiger partial charge in [0.25, 0.3) is 5.91 Å². The molecule has 0 aliphatic heterocycles. The van der Waals surface area contributed by atoms with Crippen LogP contribution in [-0.4, -0.2) is 21.8 Å². The van der Waals surface area contributed by atoms with Gasteiger partial charge < -0.3 is 10.6 Å². The van der Waals surface area contributed by atoms with Crippen molar-refractivity contribution in [2.45, 2.75) is 26.2 Å². The molecule has 3 aromatic rings. The molecule has 6 nitrogen and oxygen atoms in total. The number of thiazole rings is 1. The molecule has 0 radical (unpaired) electrons. The quantitative estimate of drug-likeness (QED) is 0.699. The zero-order valence-electron chi connectivity index (χ0n) is 13.8. The van der Waals surface area contributed by atoms with Crippen LogP contribution in [0.5, 0.6) is 0 Å². The molecular formula is C18H18N4O2S. The number of pyridine rings is 1. The van der Waals surface area contributed by atoms with Crippen LogP contribution in [0.1, 0.15) is 36.5 Å². The van der Waals surface area contributed by atoms with Crippen molar-refractivity contribution in [1.82, 2.24) is 9.97 Å². The van der Waals surface area contributed by atoms with E-state index >= 15 is 0 Å². The number of carbonyl (C=O) groups is 2. The van der Waals surface area contributed by atoms with Gasteiger partial charge in [0.2, 0.25) is 5.91 Å². The third-order valence-corrected chi connectivity index (χ3v) is 4.51. The SMILES string of the molecule is CCCCC(=O)Nc1nc2ccc(NC(=O)c3cccnc3)cc2s1. The molecule has 25 heavy (non-hydrogen) atoms. The lowest BCUT2D eigenvalue weighted by Gasteiger charge is -2.04. The Bertz CT molecular complexity index is 892. The third kappa shape index (κ3) is 4.39. The van der Waals surface area contributed by atoms with Crippen molar-refractivity contribution in [2.75, 3.05) is 10.6 Å². The van der Waals surface area contributed by atoms with E-state index in [0.29, 0.717) is 22.8 Å². The van der Waals surface area contributed by atoms with Crippen LogP contribution in [0.2, 0.25) is 0 Å². The van der Waals surface area contributed by atoms with Crippen molar-refractivity contribution >= 4 is 44.2 Å². The van der Waals surface area contributed by atoms with Gasteiger partial charge in [-0.2, -0.15) is 0 Å². The second-order valence-corrected chi connectivity index (χ2v) is 6.58. The number of amides is 2. The normalized spacial score (nSPS) is 10.6. The molecule has 128 valence electrons. The van der Waals surface area contributed by atoms with Gasteiger partial charge in [0, 0.05) is 24.5 Å². The van der Waals surface area contributed by atoms with Crippen molar-refractivity contribution in [3.8, 4) is 0 Å². The molecule has 0 aliphatic carbocycles. The predicted octanol–water partition coefficient (Wildman–Crippen LogP) is 4.07. The van der Waals surface area contributed by atoms with E-state index in [1.165, 1.54) is 17.5 Å². The molecule has 3 rings (SSSR count). The van der Waals surface area contributed by atoms with E-state index in [9.17, 15) is 9.59 Å². The number of anilines is 2. The van der Waals surface area contributed by atoms with Crippen LogP contribution >= 0.6 is 11.3 Å². The number of nitrogens with zero attached hydrogens (tertiary/aromatic N) is 2. The molecule has 7 heteroatoms. The minimum absolute atomic E-state index is 0.0222. The number of hydrogen-bond acceptors (Lipinski definition) is 5. The smallest absolute Gasteiger partial charge is 0.257 e. The minimum atomic E-state index is -0.218. The Balaban J connectivity index is 1.72. The number of rotatable bonds is 6. The highest BCUT2D eigenvalue weighted by molar-refractivity contribution is 7.22. The Morgan fingerprint density at radius 2 is 2.08 bits per heavy atom. The lowest BCUT2D eigenvalue weighted by Crippen LogP contribution is -2.11. The molecule has 2 aromatic heterocycles. The highest BCUT2D eigenvalue weighted by atomic mass is 32.1. The summed E-state index contributed by atoms with van der Waals surface area (Å²) in [7, 11) is 0. The fourth-order valence-corrected chi connectivity index (χ4v) is 3.20. The van der Waals surface area contributed by atoms with Crippen molar-refractivity contribution in [3.05, 3.63) is 48.3 Å². The first kappa shape index (κ1) is 17.0. The van der Waals surface area contributed by atoms with Crippen LogP contribution in [0.3, 0.4) is 0 Å². The van der Waals surface area contributed by atoms with Crippen LogP contribution in [-0.2, 0) is 4.79 Å². The van der Waals surface area contributed by atoms with E-state index in [1.54, 1.807) is 24.4 Å². The molecule has 0 saturated carbocycles. The van der Waals surface area contributed by atoms with E-state index in [4.69, 9.17) is 0 Å². The molecule has 0 unspecified atom stereocenters. The summed E-state index contributed by atoms with van der Waals surface area (Å²) in [6.45, 7) is 2.05. The molecule has 2 N–H and O–H groups in total. The van der Waals surface area contributed by atoms with Crippen molar-refractivity contribution < 1.29 is 9.59 Å². The molecule has 0 aliphatic rings. The summed E-state index contributed by atoms with van der Waals surface area (Å²) in [5, 5.41) is 6.24. The summed E-state index contributed by atoms with van der Waals surface area (Å²) in [5.41, 5.74) is 1.96. The number of unbranched alkanes of at least 4 members (excludes halogenated alkanes) is 1. The zero-order chi connectivity index (χ0) is 17.6. The highest BCUT2D eigenvalue weighted by Gasteiger charge is 2.10. The second-order valence-electron chi connectivity index (χ2n) is 5.55. The standard InChI is InChI=1S/C18H18N4O2S/c1-2-3-6-16(23)22-18-21-14-8-7-13(10-15(14)25-18)20-17(24)12-5-4-9-19-11-12/h4-5,7-11H,2-3,6H2,1H3,(H,20,24)(H,21,22,23). The first-order valence-electron chi connectivity index (χ1n) is 8.07. The Morgan fingerprint density at radius 3 is 2.84 bits per heavy atom. The lowest BCUT2D eigenvalue weighted by molar-refractivity contribution is -0.116. The highest BCUT2D eigenvalue weighted by Crippen LogP contribution is 2.28. The van der Waals surface area contributed by atoms with Gasteiger partial charge in [-0.15, -0.1) is 0 Å². The van der Waals surface area contributed by atoms with Gasteiger partial charge in [0.15, 0.2) is 5.13 Å². The molecule has 0 atom stereocenters. The van der Waals surface area contributed by atoms with E-state index < -0.39 is 0 Å². The Kier molecular flexibility index (Phi) is 5.35. The summed E-state index contributed by atoms with van der Waals surface area (Å²) in [6.07, 6.45) is 5.48. The molecule has 0 spiro atoms. The largest absolute Gasteiger partial charge is 0.322 e. The fraction of sp³-hybridized carbons (Fsp3) is 0.222. The number of hydrogen-bond donors (Lipinski definition) is 2. The molecule has 0 saturated heterocycles. The van der Waals surface area contributed by atoms with Crippen LogP contribution in [0.15, 0.2) is 42.7 Å². The van der Waals surface area contributed by atoms with Crippen molar-refractivity contribution in [1.29, 1.82) is 0 Å². The molecular weight excluding hydrogens is 336 g/mol. The Morgan fingerprint density at radius 1 is 1.20 bits per heavy atom. The summed E-state index contributed by atoms with van der Waals surface area (Å²) >= 11 is 1.39. The predicted molar refractivity (Wildman–Crippen MR) is 100.0 cm³/mol. The maximum absolute atomic E-state index is 12.2. The first-order chi connectivity index (χ1) is 12.2. The molecule has 2 heterocycles. The van der Waals surface area contributed by atoms with Crippen LogP contribution in [0.25, 0.3) is 10.2 Å². The van der Waals surface area contributed by atoms with Gasteiger partial charge in [-0.05, 0) is 36.8 Å². The van der Waals surface area contributed by atoms with Gasteiger partial charge in [-0.25, -0.2) is 4.98 Å². The maximum atomic E-state index is 12.2. The van der Waals surface area contributed by atoms with Gasteiger partial charge in [0.1, 0.15) is 0 Å². The van der Waals surface area contributed by atoms with Gasteiger partial charge >= 0.3 is 0 Å². The van der Waals surface area contributed by atoms with E-state index in [0.717, 1.165) is 23.1 Å². The van der Waals surface area contributed by atoms with E-state index in [-0.39, 0.29) is 11.8 Å². The number of aromatic nitrogens is 2. The van der Waals surface area contributed by atoms with E-state index in [2.05, 4.69) is 20.6 Å². The average Bonchev–Trinajstić information content (AvgIpc) is 3.02. The van der Waals surface area contributed by atoms with E-state index in [1.807, 2.05) is 19.1 Å². The second kappa shape index (κ2) is 7.85. The molecule has 2 amide bonds. The van der Waals surface area contributed by atoms with Gasteiger partial charge in [-0.3, -0.25) is 14.6 Å². The summed E-state index contributed by atoms with van der Waals surface area (Å²) in [4.78, 5) is 32.3. The van der Waals surface area contributed by atoms with Crippen molar-refractivity contribution in [2.24, 2.45) is 0 Å². The van der Waals surface area contributed by atoms with Gasteiger partial charge in [0.05, 0.1) is 15.8 Å². The number of fused-ring (bicyclic) bond motifs is 1. The summed E-state index contributed by atoms with van der Waals surface area (Å²) in [5.74, 6) is -0.240. The Labute approximate surface area is 149 Å². The van der Waals surface area contributed by atoms with Crippen LogP contribution < -0.4 is 10.6 Å². The maximum Gasteiger partial charge on any atom is 0.257 e. The summed E-state index contributed by atoms with van der Waals surface area (Å²) < 4.78 is 0.898. The topological polar surface area (TPSA) is 84.0 Å². The zero-order valence-corrected chi connectivity index (χ0v) is 14.6. The Hall–Kier alpha value is -2.80. The monoisotopic (exact) mass is 354 g/mol. The summed E-state index contributed by atoms with van der Waals surface area (Å²) in [6, 6.07) is 8.89. The fourth-order valence-electron chi connectivity index (χ4n) is 2.28. The first-order valence-corrected chi connectivity index (χ1v) is 8.89. The average molecular weight is 354 g/mol. The van der Waals surface area contributed by atoms with Gasteiger partial charge in [-0.1, -0.05) is 24.7 Å². The van der Waals surface area contributed by atoms with Crippen LogP contribution in [0.4, 0.5) is 10.8 Å². The lowest BCUT2D eigenvalue weighted by atomic mass is 10.2. The minimum Gasteiger partial charge on any atom is -0.322 e. The number of carbonyl (C=O) groups excluding carboxylic acids is 2.